The number of rotatable bonds is 6. The second kappa shape index (κ2) is 8.98. The summed E-state index contributed by atoms with van der Waals surface area (Å²) in [4.78, 5) is 39.1. The molecule has 0 aromatic heterocycles. The van der Waals surface area contributed by atoms with Crippen LogP contribution in [0.5, 0.6) is 0 Å². The lowest BCUT2D eigenvalue weighted by atomic mass is 9.73. The zero-order valence-corrected chi connectivity index (χ0v) is 20.6. The Hall–Kier alpha value is -3.00. The van der Waals surface area contributed by atoms with Crippen molar-refractivity contribution < 1.29 is 24.2 Å². The molecular formula is C26H30N2O5S. The van der Waals surface area contributed by atoms with Gasteiger partial charge >= 0.3 is 12.1 Å². The number of amides is 2. The molecule has 1 saturated heterocycles. The molecule has 4 rings (SSSR count). The summed E-state index contributed by atoms with van der Waals surface area (Å²) in [6.45, 7) is 7.13. The van der Waals surface area contributed by atoms with Crippen molar-refractivity contribution in [2.45, 2.75) is 45.2 Å². The van der Waals surface area contributed by atoms with Gasteiger partial charge in [-0.05, 0) is 49.9 Å². The molecule has 1 heterocycles. The molecule has 2 aliphatic rings. The first-order chi connectivity index (χ1) is 16.0. The highest BCUT2D eigenvalue weighted by atomic mass is 32.2. The van der Waals surface area contributed by atoms with E-state index in [0.29, 0.717) is 11.6 Å². The molecule has 0 bridgehead atoms. The van der Waals surface area contributed by atoms with Crippen molar-refractivity contribution in [3.05, 3.63) is 59.7 Å². The van der Waals surface area contributed by atoms with Gasteiger partial charge in [0.25, 0.3) is 0 Å². The Morgan fingerprint density at radius 1 is 1.03 bits per heavy atom. The van der Waals surface area contributed by atoms with Gasteiger partial charge in [-0.3, -0.25) is 4.79 Å². The fourth-order valence-corrected chi connectivity index (χ4v) is 5.66. The number of carboxylic acids is 1. The Morgan fingerprint density at radius 3 is 2.15 bits per heavy atom. The number of hydrogen-bond donors (Lipinski definition) is 2. The van der Waals surface area contributed by atoms with Gasteiger partial charge < -0.3 is 20.1 Å². The minimum Gasteiger partial charge on any atom is -0.480 e. The van der Waals surface area contributed by atoms with Crippen LogP contribution in [0.2, 0.25) is 0 Å². The first-order valence-corrected chi connectivity index (χ1v) is 12.4. The number of thioether (sulfide) groups is 1. The molecule has 0 spiro atoms. The maximum atomic E-state index is 13.3. The Kier molecular flexibility index (Phi) is 6.38. The fraction of sp³-hybridized carbons (Fsp3) is 0.423. The van der Waals surface area contributed by atoms with Crippen LogP contribution >= 0.6 is 11.8 Å². The van der Waals surface area contributed by atoms with E-state index in [1.165, 1.54) is 16.7 Å². The lowest BCUT2D eigenvalue weighted by molar-refractivity contribution is -0.154. The van der Waals surface area contributed by atoms with E-state index in [9.17, 15) is 19.5 Å². The average molecular weight is 483 g/mol. The van der Waals surface area contributed by atoms with Crippen molar-refractivity contribution in [2.24, 2.45) is 5.41 Å². The number of ether oxygens (including phenoxy) is 1. The number of nitrogens with one attached hydrogen (secondary N) is 1. The molecule has 2 N–H and O–H groups in total. The van der Waals surface area contributed by atoms with Gasteiger partial charge in [0.15, 0.2) is 0 Å². The van der Waals surface area contributed by atoms with Crippen LogP contribution in [-0.4, -0.2) is 57.8 Å². The fourth-order valence-electron chi connectivity index (χ4n) is 4.52. The van der Waals surface area contributed by atoms with Gasteiger partial charge in [0.2, 0.25) is 5.91 Å². The Balaban J connectivity index is 1.44. The normalized spacial score (nSPS) is 17.8. The summed E-state index contributed by atoms with van der Waals surface area (Å²) in [6, 6.07) is 15.4. The topological polar surface area (TPSA) is 95.9 Å². The summed E-state index contributed by atoms with van der Waals surface area (Å²) in [5.41, 5.74) is 2.50. The number of carbonyl (C=O) groups is 3. The highest BCUT2D eigenvalue weighted by Crippen LogP contribution is 2.44. The summed E-state index contributed by atoms with van der Waals surface area (Å²) in [5, 5.41) is 12.3. The second-order valence-electron chi connectivity index (χ2n) is 9.83. The van der Waals surface area contributed by atoms with Crippen LogP contribution in [0, 0.1) is 5.41 Å². The van der Waals surface area contributed by atoms with Gasteiger partial charge in [-0.1, -0.05) is 48.5 Å². The predicted octanol–water partition coefficient (Wildman–Crippen LogP) is 4.32. The van der Waals surface area contributed by atoms with E-state index in [1.807, 2.05) is 24.3 Å². The van der Waals surface area contributed by atoms with Crippen molar-refractivity contribution in [1.29, 1.82) is 0 Å². The molecule has 0 unspecified atom stereocenters. The summed E-state index contributed by atoms with van der Waals surface area (Å²) in [5.74, 6) is -0.711. The van der Waals surface area contributed by atoms with Crippen molar-refractivity contribution in [3.63, 3.8) is 0 Å². The smallest absolute Gasteiger partial charge is 0.407 e. The minimum absolute atomic E-state index is 0.0612. The average Bonchev–Trinajstić information content (AvgIpc) is 3.40. The maximum Gasteiger partial charge on any atom is 0.407 e. The molecule has 2 aromatic carbocycles. The number of hydrogen-bond acceptors (Lipinski definition) is 5. The molecule has 2 aromatic rings. The molecule has 2 amide bonds. The lowest BCUT2D eigenvalue weighted by Crippen LogP contribution is -2.61. The third-order valence-electron chi connectivity index (χ3n) is 7.28. The van der Waals surface area contributed by atoms with E-state index >= 15 is 0 Å². The van der Waals surface area contributed by atoms with Crippen LogP contribution in [0.4, 0.5) is 4.79 Å². The highest BCUT2D eigenvalue weighted by molar-refractivity contribution is 7.99. The molecule has 1 fully saturated rings. The van der Waals surface area contributed by atoms with E-state index in [4.69, 9.17) is 4.74 Å². The largest absolute Gasteiger partial charge is 0.480 e. The van der Waals surface area contributed by atoms with Crippen molar-refractivity contribution in [2.75, 3.05) is 18.2 Å². The van der Waals surface area contributed by atoms with E-state index in [-0.39, 0.29) is 18.4 Å². The molecule has 7 nitrogen and oxygen atoms in total. The lowest BCUT2D eigenvalue weighted by Gasteiger charge is -2.43. The van der Waals surface area contributed by atoms with Gasteiger partial charge in [0.05, 0.1) is 16.8 Å². The first-order valence-electron chi connectivity index (χ1n) is 11.3. The monoisotopic (exact) mass is 482 g/mol. The quantitative estimate of drug-likeness (QED) is 0.637. The molecule has 180 valence electrons. The Labute approximate surface area is 203 Å². The molecule has 1 aliphatic heterocycles. The van der Waals surface area contributed by atoms with E-state index in [2.05, 4.69) is 29.6 Å². The van der Waals surface area contributed by atoms with Crippen LogP contribution < -0.4 is 5.32 Å². The Bertz CT molecular complexity index is 1080. The van der Waals surface area contributed by atoms with Gasteiger partial charge in [0.1, 0.15) is 12.6 Å². The summed E-state index contributed by atoms with van der Waals surface area (Å²) in [6.07, 6.45) is -0.613. The summed E-state index contributed by atoms with van der Waals surface area (Å²) < 4.78 is 5.66. The molecule has 0 radical (unpaired) electrons. The number of benzene rings is 2. The molecule has 0 saturated carbocycles. The number of carboxylic acid groups (broad SMARTS) is 1. The van der Waals surface area contributed by atoms with Crippen molar-refractivity contribution in [1.82, 2.24) is 10.2 Å². The van der Waals surface area contributed by atoms with E-state index in [0.717, 1.165) is 22.3 Å². The second-order valence-corrected chi connectivity index (χ2v) is 10.8. The van der Waals surface area contributed by atoms with Crippen molar-refractivity contribution in [3.8, 4) is 11.1 Å². The standard InChI is InChI=1S/C26H30N2O5S/c1-25(2,23(31)28-15-34-14-21(28)22(29)30)26(3,4)27-24(32)33-13-20-18-11-7-5-9-16(18)17-10-6-8-12-19(17)20/h5-12,20-21H,13-15H2,1-4H3,(H,27,32)(H,29,30)/t21-/m0/s1. The van der Waals surface area contributed by atoms with E-state index in [1.54, 1.807) is 27.7 Å². The van der Waals surface area contributed by atoms with E-state index < -0.39 is 29.1 Å². The third-order valence-corrected chi connectivity index (χ3v) is 8.30. The molecule has 34 heavy (non-hydrogen) atoms. The molecule has 1 aliphatic carbocycles. The van der Waals surface area contributed by atoms with Crippen LogP contribution in [0.25, 0.3) is 11.1 Å². The Morgan fingerprint density at radius 2 is 1.59 bits per heavy atom. The number of nitrogens with zero attached hydrogens (tertiary/aromatic N) is 1. The number of fused-ring (bicyclic) bond motifs is 3. The number of alkyl carbamates (subject to hydrolysis) is 1. The first kappa shape index (κ1) is 24.1. The van der Waals surface area contributed by atoms with Gasteiger partial charge in [-0.2, -0.15) is 0 Å². The highest BCUT2D eigenvalue weighted by Gasteiger charge is 2.49. The predicted molar refractivity (Wildman–Crippen MR) is 132 cm³/mol. The molecular weight excluding hydrogens is 452 g/mol. The molecule has 1 atom stereocenters. The van der Waals surface area contributed by atoms with Gasteiger partial charge in [-0.25, -0.2) is 9.59 Å². The van der Waals surface area contributed by atoms with Crippen LogP contribution in [0.15, 0.2) is 48.5 Å². The zero-order chi connectivity index (χ0) is 24.7. The van der Waals surface area contributed by atoms with Crippen LogP contribution in [-0.2, 0) is 14.3 Å². The van der Waals surface area contributed by atoms with Crippen molar-refractivity contribution >= 4 is 29.7 Å². The van der Waals surface area contributed by atoms with Gasteiger partial charge in [-0.15, -0.1) is 11.8 Å². The summed E-state index contributed by atoms with van der Waals surface area (Å²) in [7, 11) is 0. The molecule has 8 heteroatoms. The third kappa shape index (κ3) is 4.15. The number of aliphatic carboxylic acids is 1. The van der Waals surface area contributed by atoms with Crippen LogP contribution in [0.1, 0.15) is 44.7 Å². The SMILES string of the molecule is CC(C)(NC(=O)OCC1c2ccccc2-c2ccccc21)C(C)(C)C(=O)N1CSC[C@H]1C(=O)O. The zero-order valence-electron chi connectivity index (χ0n) is 19.8. The van der Waals surface area contributed by atoms with Crippen LogP contribution in [0.3, 0.4) is 0 Å². The van der Waals surface area contributed by atoms with Gasteiger partial charge in [0, 0.05) is 11.7 Å². The minimum atomic E-state index is -1.06. The maximum absolute atomic E-state index is 13.3. The number of carbonyl (C=O) groups excluding carboxylic acids is 2. The summed E-state index contributed by atoms with van der Waals surface area (Å²) >= 11 is 1.41.